The van der Waals surface area contributed by atoms with Gasteiger partial charge in [-0.25, -0.2) is 0 Å². The van der Waals surface area contributed by atoms with Crippen molar-refractivity contribution in [3.63, 3.8) is 0 Å². The summed E-state index contributed by atoms with van der Waals surface area (Å²) in [5, 5.41) is 9.07. The largest absolute Gasteiger partial charge is 0.372 e. The molecular weight excluding hydrogens is 262 g/mol. The van der Waals surface area contributed by atoms with E-state index in [0.29, 0.717) is 13.2 Å². The summed E-state index contributed by atoms with van der Waals surface area (Å²) in [6.07, 6.45) is 5.20. The molecule has 19 heavy (non-hydrogen) atoms. The van der Waals surface area contributed by atoms with Crippen LogP contribution in [0.5, 0.6) is 0 Å². The van der Waals surface area contributed by atoms with Gasteiger partial charge in [-0.1, -0.05) is 17.4 Å². The summed E-state index contributed by atoms with van der Waals surface area (Å²) in [5.41, 5.74) is 1.72. The van der Waals surface area contributed by atoms with E-state index < -0.39 is 0 Å². The maximum absolute atomic E-state index is 6.07. The Morgan fingerprint density at radius 2 is 2.63 bits per heavy atom. The molecule has 0 unspecified atom stereocenters. The van der Waals surface area contributed by atoms with Gasteiger partial charge in [0, 0.05) is 19.5 Å². The van der Waals surface area contributed by atoms with Crippen LogP contribution in [0.2, 0.25) is 0 Å². The van der Waals surface area contributed by atoms with Gasteiger partial charge in [-0.05, 0) is 12.8 Å². The molecule has 1 spiro atoms. The molecule has 0 aliphatic carbocycles. The van der Waals surface area contributed by atoms with Gasteiger partial charge in [0.25, 0.3) is 0 Å². The van der Waals surface area contributed by atoms with Gasteiger partial charge in [-0.15, -0.1) is 16.8 Å². The van der Waals surface area contributed by atoms with E-state index in [1.807, 2.05) is 0 Å². The average molecular weight is 281 g/mol. The average Bonchev–Trinajstić information content (AvgIpc) is 3.07. The van der Waals surface area contributed by atoms with Crippen molar-refractivity contribution >= 4 is 16.5 Å². The van der Waals surface area contributed by atoms with Crippen LogP contribution in [0.15, 0.2) is 18.2 Å². The lowest BCUT2D eigenvalue weighted by atomic mass is 9.89. The highest BCUT2D eigenvalue weighted by molar-refractivity contribution is 7.13. The van der Waals surface area contributed by atoms with Gasteiger partial charge < -0.3 is 14.4 Å². The summed E-state index contributed by atoms with van der Waals surface area (Å²) < 4.78 is 11.8. The molecule has 3 heterocycles. The van der Waals surface area contributed by atoms with E-state index in [4.69, 9.17) is 9.47 Å². The first-order valence-corrected chi connectivity index (χ1v) is 7.57. The predicted octanol–water partition coefficient (Wildman–Crippen LogP) is 1.87. The van der Waals surface area contributed by atoms with Crippen LogP contribution in [0, 0.1) is 0 Å². The Labute approximate surface area is 117 Å². The molecule has 0 amide bonds. The number of aromatic nitrogens is 2. The second kappa shape index (κ2) is 5.56. The Bertz CT molecular complexity index is 426. The summed E-state index contributed by atoms with van der Waals surface area (Å²) in [4.78, 5) is 2.29. The van der Waals surface area contributed by atoms with Crippen LogP contribution in [-0.2, 0) is 9.47 Å². The van der Waals surface area contributed by atoms with Crippen molar-refractivity contribution in [2.75, 3.05) is 31.2 Å². The van der Waals surface area contributed by atoms with Gasteiger partial charge in [0.05, 0.1) is 24.9 Å². The van der Waals surface area contributed by atoms with Crippen molar-refractivity contribution in [2.24, 2.45) is 0 Å². The second-order valence-corrected chi connectivity index (χ2v) is 6.00. The van der Waals surface area contributed by atoms with E-state index >= 15 is 0 Å². The van der Waals surface area contributed by atoms with E-state index in [2.05, 4.69) is 21.7 Å². The first-order valence-electron chi connectivity index (χ1n) is 6.69. The number of piperidine rings is 1. The van der Waals surface area contributed by atoms with E-state index in [0.717, 1.165) is 37.5 Å². The maximum Gasteiger partial charge on any atom is 0.208 e. The molecule has 2 aliphatic rings. The van der Waals surface area contributed by atoms with E-state index in [-0.39, 0.29) is 11.7 Å². The minimum atomic E-state index is -0.0598. The molecule has 1 aromatic heterocycles. The zero-order valence-electron chi connectivity index (χ0n) is 11.0. The van der Waals surface area contributed by atoms with Crippen molar-refractivity contribution in [3.8, 4) is 0 Å². The quantitative estimate of drug-likeness (QED) is 0.789. The zero-order valence-corrected chi connectivity index (χ0v) is 11.8. The van der Waals surface area contributed by atoms with Crippen LogP contribution in [-0.4, -0.2) is 48.2 Å². The van der Waals surface area contributed by atoms with Crippen molar-refractivity contribution in [2.45, 2.75) is 31.0 Å². The maximum atomic E-state index is 6.07. The fraction of sp³-hybridized carbons (Fsp3) is 0.692. The summed E-state index contributed by atoms with van der Waals surface area (Å²) >= 11 is 1.59. The number of anilines is 1. The molecule has 0 radical (unpaired) electrons. The van der Waals surface area contributed by atoms with Crippen LogP contribution < -0.4 is 4.90 Å². The van der Waals surface area contributed by atoms with Crippen LogP contribution in [0.25, 0.3) is 0 Å². The normalized spacial score (nSPS) is 30.9. The number of rotatable bonds is 4. The van der Waals surface area contributed by atoms with E-state index in [1.165, 1.54) is 0 Å². The molecule has 0 aromatic carbocycles. The second-order valence-electron chi connectivity index (χ2n) is 5.19. The van der Waals surface area contributed by atoms with E-state index in [1.54, 1.807) is 22.9 Å². The molecule has 2 fully saturated rings. The highest BCUT2D eigenvalue weighted by Gasteiger charge is 2.44. The Morgan fingerprint density at radius 1 is 1.68 bits per heavy atom. The van der Waals surface area contributed by atoms with Crippen LogP contribution in [0.1, 0.15) is 19.3 Å². The van der Waals surface area contributed by atoms with E-state index in [9.17, 15) is 0 Å². The highest BCUT2D eigenvalue weighted by Crippen LogP contribution is 2.37. The monoisotopic (exact) mass is 281 g/mol. The minimum absolute atomic E-state index is 0.0598. The Kier molecular flexibility index (Phi) is 3.81. The number of nitrogens with zero attached hydrogens (tertiary/aromatic N) is 3. The first kappa shape index (κ1) is 13.0. The van der Waals surface area contributed by atoms with Crippen LogP contribution in [0.4, 0.5) is 5.13 Å². The summed E-state index contributed by atoms with van der Waals surface area (Å²) in [5.74, 6) is 0. The highest BCUT2D eigenvalue weighted by atomic mass is 32.1. The van der Waals surface area contributed by atoms with Gasteiger partial charge in [0.15, 0.2) is 0 Å². The molecule has 0 saturated carbocycles. The number of hydrogen-bond acceptors (Lipinski definition) is 6. The molecule has 2 atom stereocenters. The van der Waals surface area contributed by atoms with Gasteiger partial charge in [-0.3, -0.25) is 0 Å². The Morgan fingerprint density at radius 3 is 3.42 bits per heavy atom. The molecule has 5 nitrogen and oxygen atoms in total. The van der Waals surface area contributed by atoms with Crippen molar-refractivity contribution in [3.05, 3.63) is 18.2 Å². The lowest BCUT2D eigenvalue weighted by Gasteiger charge is -2.39. The van der Waals surface area contributed by atoms with Gasteiger partial charge >= 0.3 is 0 Å². The lowest BCUT2D eigenvalue weighted by molar-refractivity contribution is -0.0111. The Balaban J connectivity index is 1.63. The first-order chi connectivity index (χ1) is 9.31. The topological polar surface area (TPSA) is 47.5 Å². The molecule has 3 rings (SSSR count). The summed E-state index contributed by atoms with van der Waals surface area (Å²) in [6.45, 7) is 6.92. The van der Waals surface area contributed by atoms with Gasteiger partial charge in [-0.2, -0.15) is 0 Å². The molecule has 0 N–H and O–H groups in total. The number of ether oxygens (including phenoxy) is 2. The summed E-state index contributed by atoms with van der Waals surface area (Å²) in [7, 11) is 0. The minimum Gasteiger partial charge on any atom is -0.372 e. The molecule has 2 saturated heterocycles. The zero-order chi connectivity index (χ0) is 13.1. The Hall–Kier alpha value is -0.980. The van der Waals surface area contributed by atoms with Crippen molar-refractivity contribution in [1.29, 1.82) is 0 Å². The standard InChI is InChI=1S/C13H19N3O2S/c1-2-6-17-11-7-13(18-8-11)4-3-5-16(9-13)12-15-14-10-19-12/h2,10-11H,1,3-9H2/t11-,13+/m0/s1. The number of hydrogen-bond donors (Lipinski definition) is 0. The lowest BCUT2D eigenvalue weighted by Crippen LogP contribution is -2.48. The molecule has 2 aliphatic heterocycles. The molecule has 0 bridgehead atoms. The van der Waals surface area contributed by atoms with Crippen LogP contribution >= 0.6 is 11.3 Å². The fourth-order valence-electron chi connectivity index (χ4n) is 2.96. The molecule has 1 aromatic rings. The van der Waals surface area contributed by atoms with Crippen LogP contribution in [0.3, 0.4) is 0 Å². The third kappa shape index (κ3) is 2.80. The van der Waals surface area contributed by atoms with Crippen molar-refractivity contribution in [1.82, 2.24) is 10.2 Å². The van der Waals surface area contributed by atoms with Crippen molar-refractivity contribution < 1.29 is 9.47 Å². The third-order valence-electron chi connectivity index (χ3n) is 3.78. The molecular formula is C13H19N3O2S. The van der Waals surface area contributed by atoms with Gasteiger partial charge in [0.1, 0.15) is 5.51 Å². The molecule has 104 valence electrons. The predicted molar refractivity (Wildman–Crippen MR) is 74.6 cm³/mol. The van der Waals surface area contributed by atoms with Gasteiger partial charge in [0.2, 0.25) is 5.13 Å². The smallest absolute Gasteiger partial charge is 0.208 e. The third-order valence-corrected chi connectivity index (χ3v) is 4.53. The fourth-order valence-corrected chi connectivity index (χ4v) is 3.55. The SMILES string of the molecule is C=CCO[C@@H]1CO[C@]2(CCCN(c3nncs3)C2)C1. The summed E-state index contributed by atoms with van der Waals surface area (Å²) in [6, 6.07) is 0. The molecule has 6 heteroatoms.